The fourth-order valence-electron chi connectivity index (χ4n) is 1.98. The maximum atomic E-state index is 14.3. The summed E-state index contributed by atoms with van der Waals surface area (Å²) in [4.78, 5) is 38.9. The molecule has 0 radical (unpaired) electrons. The third kappa shape index (κ3) is 3.54. The van der Waals surface area contributed by atoms with E-state index in [0.717, 1.165) is 12.1 Å². The van der Waals surface area contributed by atoms with Gasteiger partial charge in [-0.1, -0.05) is 11.6 Å². The van der Waals surface area contributed by atoms with Gasteiger partial charge >= 0.3 is 11.7 Å². The van der Waals surface area contributed by atoms with Crippen molar-refractivity contribution < 1.29 is 13.9 Å². The smallest absolute Gasteiger partial charge is 0.339 e. The maximum absolute atomic E-state index is 14.3. The summed E-state index contributed by atoms with van der Waals surface area (Å²) in [5, 5.41) is -0.173. The average Bonchev–Trinajstić information content (AvgIpc) is 2.46. The summed E-state index contributed by atoms with van der Waals surface area (Å²) < 4.78 is 20.2. The van der Waals surface area contributed by atoms with E-state index in [1.165, 1.54) is 0 Å². The van der Waals surface area contributed by atoms with E-state index in [-0.39, 0.29) is 19.8 Å². The third-order valence-electron chi connectivity index (χ3n) is 3.06. The number of hydrogen-bond donors (Lipinski definition) is 1. The van der Waals surface area contributed by atoms with Gasteiger partial charge in [-0.15, -0.1) is 0 Å². The molecule has 0 amide bonds. The van der Waals surface area contributed by atoms with Gasteiger partial charge in [-0.25, -0.2) is 18.5 Å². The molecule has 9 heteroatoms. The number of nitrogens with one attached hydrogen (secondary N) is 1. The number of nitrogens with zero attached hydrogens (tertiary/aromatic N) is 1. The maximum Gasteiger partial charge on any atom is 0.339 e. The molecule has 6 nitrogen and oxygen atoms in total. The van der Waals surface area contributed by atoms with Gasteiger partial charge < -0.3 is 9.72 Å². The second-order valence-corrected chi connectivity index (χ2v) is 6.73. The predicted molar refractivity (Wildman–Crippen MR) is 95.6 cm³/mol. The molecule has 2 rings (SSSR count). The summed E-state index contributed by atoms with van der Waals surface area (Å²) in [6, 6.07) is 1.90. The molecule has 0 saturated heterocycles. The molecule has 1 aromatic heterocycles. The molecule has 1 N–H and O–H groups in total. The molecule has 1 aromatic carbocycles. The van der Waals surface area contributed by atoms with Crippen molar-refractivity contribution in [1.82, 2.24) is 9.55 Å². The summed E-state index contributed by atoms with van der Waals surface area (Å²) in [5.74, 6) is -1.68. The lowest BCUT2D eigenvalue weighted by molar-refractivity contribution is 0.0378. The minimum atomic E-state index is -0.909. The molecular weight excluding hydrogens is 454 g/mol. The molecule has 1 heterocycles. The van der Waals surface area contributed by atoms with Gasteiger partial charge in [0.15, 0.2) is 0 Å². The van der Waals surface area contributed by atoms with E-state index in [0.29, 0.717) is 10.3 Å². The van der Waals surface area contributed by atoms with Gasteiger partial charge in [0.1, 0.15) is 5.82 Å². The zero-order valence-corrected chi connectivity index (χ0v) is 15.9. The zero-order valence-electron chi connectivity index (χ0n) is 12.9. The number of aromatic amines is 1. The number of carbonyl (C=O) groups is 1. The zero-order chi connectivity index (χ0) is 18.2. The lowest BCUT2D eigenvalue weighted by Crippen LogP contribution is -2.37. The molecule has 0 unspecified atom stereocenters. The number of esters is 1. The molecule has 0 bridgehead atoms. The van der Waals surface area contributed by atoms with E-state index in [1.54, 1.807) is 43.4 Å². The van der Waals surface area contributed by atoms with Crippen molar-refractivity contribution in [2.75, 3.05) is 0 Å². The first-order valence-electron chi connectivity index (χ1n) is 6.85. The van der Waals surface area contributed by atoms with Crippen molar-refractivity contribution in [2.45, 2.75) is 26.9 Å². The molecule has 0 fully saturated rings. The summed E-state index contributed by atoms with van der Waals surface area (Å²) in [6.45, 7) is 4.85. The Morgan fingerprint density at radius 1 is 1.38 bits per heavy atom. The minimum absolute atomic E-state index is 0.136. The van der Waals surface area contributed by atoms with Gasteiger partial charge in [0.2, 0.25) is 0 Å². The number of halogens is 3. The van der Waals surface area contributed by atoms with Crippen molar-refractivity contribution in [2.24, 2.45) is 0 Å². The van der Waals surface area contributed by atoms with Crippen LogP contribution in [0.15, 0.2) is 21.7 Å². The summed E-state index contributed by atoms with van der Waals surface area (Å²) in [5.41, 5.74) is -1.65. The number of H-pyrrole nitrogens is 1. The van der Waals surface area contributed by atoms with Gasteiger partial charge in [-0.2, -0.15) is 0 Å². The Morgan fingerprint density at radius 3 is 2.58 bits per heavy atom. The number of aromatic nitrogens is 2. The van der Waals surface area contributed by atoms with Crippen LogP contribution in [0.1, 0.15) is 29.9 Å². The van der Waals surface area contributed by atoms with Crippen LogP contribution in [0.25, 0.3) is 5.69 Å². The number of ether oxygens (including phenoxy) is 1. The van der Waals surface area contributed by atoms with Crippen molar-refractivity contribution in [3.8, 4) is 5.69 Å². The average molecular weight is 467 g/mol. The Labute approximate surface area is 154 Å². The fourth-order valence-corrected chi connectivity index (χ4v) is 2.59. The van der Waals surface area contributed by atoms with Gasteiger partial charge in [0, 0.05) is 5.69 Å². The van der Waals surface area contributed by atoms with Gasteiger partial charge in [0.05, 0.1) is 25.9 Å². The number of benzene rings is 1. The molecule has 0 atom stereocenters. The monoisotopic (exact) mass is 466 g/mol. The molecule has 24 heavy (non-hydrogen) atoms. The van der Waals surface area contributed by atoms with E-state index in [9.17, 15) is 18.8 Å². The Bertz CT molecular complexity index is 936. The second kappa shape index (κ2) is 7.06. The van der Waals surface area contributed by atoms with Crippen LogP contribution in [0, 0.1) is 16.3 Å². The highest BCUT2D eigenvalue weighted by atomic mass is 127. The SMILES string of the molecule is Cc1[nH]c(=O)n(-c2cc(C(=O)OC(C)C)c(Cl)cc2F)c(=O)c1I. The third-order valence-corrected chi connectivity index (χ3v) is 4.64. The minimum Gasteiger partial charge on any atom is -0.459 e. The van der Waals surface area contributed by atoms with Crippen LogP contribution in [-0.4, -0.2) is 21.6 Å². The Morgan fingerprint density at radius 2 is 2.00 bits per heavy atom. The first kappa shape index (κ1) is 18.7. The van der Waals surface area contributed by atoms with Gasteiger partial charge in [-0.3, -0.25) is 4.79 Å². The molecule has 0 aliphatic rings. The van der Waals surface area contributed by atoms with Crippen LogP contribution in [0.4, 0.5) is 4.39 Å². The van der Waals surface area contributed by atoms with Crippen LogP contribution in [0.2, 0.25) is 5.02 Å². The fraction of sp³-hybridized carbons (Fsp3) is 0.267. The molecule has 128 valence electrons. The topological polar surface area (TPSA) is 81.2 Å². The summed E-state index contributed by atoms with van der Waals surface area (Å²) >= 11 is 7.64. The summed E-state index contributed by atoms with van der Waals surface area (Å²) in [7, 11) is 0. The highest BCUT2D eigenvalue weighted by molar-refractivity contribution is 14.1. The number of carbonyl (C=O) groups excluding carboxylic acids is 1. The van der Waals surface area contributed by atoms with Crippen LogP contribution >= 0.6 is 34.2 Å². The first-order chi connectivity index (χ1) is 11.1. The summed E-state index contributed by atoms with van der Waals surface area (Å²) in [6.07, 6.45) is -0.409. The van der Waals surface area contributed by atoms with Crippen molar-refractivity contribution in [3.63, 3.8) is 0 Å². The highest BCUT2D eigenvalue weighted by Gasteiger charge is 2.21. The quantitative estimate of drug-likeness (QED) is 0.557. The molecular formula is C15H13ClFIN2O4. The lowest BCUT2D eigenvalue weighted by Gasteiger charge is -2.12. The number of aryl methyl sites for hydroxylation is 1. The van der Waals surface area contributed by atoms with Crippen molar-refractivity contribution >= 4 is 40.2 Å². The first-order valence-corrected chi connectivity index (χ1v) is 8.31. The van der Waals surface area contributed by atoms with Crippen molar-refractivity contribution in [3.05, 3.63) is 58.6 Å². The van der Waals surface area contributed by atoms with Crippen LogP contribution in [0.3, 0.4) is 0 Å². The Hall–Kier alpha value is -1.68. The molecule has 0 saturated carbocycles. The molecule has 0 aliphatic carbocycles. The van der Waals surface area contributed by atoms with E-state index < -0.39 is 29.1 Å². The normalized spacial score (nSPS) is 11.0. The van der Waals surface area contributed by atoms with Crippen LogP contribution in [-0.2, 0) is 4.74 Å². The predicted octanol–water partition coefficient (Wildman–Crippen LogP) is 2.80. The molecule has 2 aromatic rings. The Balaban J connectivity index is 2.74. The van der Waals surface area contributed by atoms with Gasteiger partial charge in [-0.05, 0) is 55.5 Å². The van der Waals surface area contributed by atoms with Crippen LogP contribution in [0.5, 0.6) is 0 Å². The Kier molecular flexibility index (Phi) is 5.49. The van der Waals surface area contributed by atoms with E-state index >= 15 is 0 Å². The molecule has 0 spiro atoms. The highest BCUT2D eigenvalue weighted by Crippen LogP contribution is 2.23. The van der Waals surface area contributed by atoms with E-state index in [2.05, 4.69) is 4.98 Å². The number of hydrogen-bond acceptors (Lipinski definition) is 4. The largest absolute Gasteiger partial charge is 0.459 e. The number of rotatable bonds is 3. The standard InChI is InChI=1S/C15H13ClFIN2O4/c1-6(2)24-14(22)8-4-11(10(17)5-9(8)16)20-13(21)12(18)7(3)19-15(20)23/h4-6H,1-3H3,(H,19,23). The van der Waals surface area contributed by atoms with Crippen LogP contribution < -0.4 is 11.2 Å². The second-order valence-electron chi connectivity index (χ2n) is 5.25. The lowest BCUT2D eigenvalue weighted by atomic mass is 10.2. The van der Waals surface area contributed by atoms with Crippen molar-refractivity contribution in [1.29, 1.82) is 0 Å². The van der Waals surface area contributed by atoms with E-state index in [4.69, 9.17) is 16.3 Å². The van der Waals surface area contributed by atoms with E-state index in [1.807, 2.05) is 0 Å². The van der Waals surface area contributed by atoms with Gasteiger partial charge in [0.25, 0.3) is 5.56 Å². The molecule has 0 aliphatic heterocycles.